The molecule has 0 amide bonds. The topological polar surface area (TPSA) is 97.5 Å². The van der Waals surface area contributed by atoms with Crippen LogP contribution in [0.3, 0.4) is 0 Å². The number of benzene rings is 1. The Balaban J connectivity index is 2.47. The van der Waals surface area contributed by atoms with Gasteiger partial charge in [0.2, 0.25) is 20.0 Å². The standard InChI is InChI=1S/C12H18N2O4S2/c1-10-5-6-11(9-12(10)19(13,15)16)20(17,18)14-7-3-2-4-8-14/h5-6,9H,2-4,7-8H2,1H3,(H2,13,15,16). The molecular weight excluding hydrogens is 300 g/mol. The van der Waals surface area contributed by atoms with E-state index in [0.29, 0.717) is 18.7 Å². The molecule has 2 N–H and O–H groups in total. The number of hydrogen-bond donors (Lipinski definition) is 1. The van der Waals surface area contributed by atoms with E-state index in [1.807, 2.05) is 0 Å². The molecule has 0 unspecified atom stereocenters. The lowest BCUT2D eigenvalue weighted by Crippen LogP contribution is -2.35. The molecule has 0 aliphatic carbocycles. The Labute approximate surface area is 119 Å². The van der Waals surface area contributed by atoms with Crippen molar-refractivity contribution in [1.82, 2.24) is 4.31 Å². The van der Waals surface area contributed by atoms with Gasteiger partial charge in [-0.15, -0.1) is 0 Å². The number of nitrogens with zero attached hydrogens (tertiary/aromatic N) is 1. The fourth-order valence-corrected chi connectivity index (χ4v) is 4.73. The van der Waals surface area contributed by atoms with Gasteiger partial charge in [-0.25, -0.2) is 22.0 Å². The van der Waals surface area contributed by atoms with Crippen LogP contribution in [0.4, 0.5) is 0 Å². The van der Waals surface area contributed by atoms with Gasteiger partial charge < -0.3 is 0 Å². The summed E-state index contributed by atoms with van der Waals surface area (Å²) in [6.45, 7) is 2.53. The molecule has 1 heterocycles. The number of primary sulfonamides is 1. The van der Waals surface area contributed by atoms with Crippen molar-refractivity contribution < 1.29 is 16.8 Å². The maximum absolute atomic E-state index is 12.5. The molecule has 2 rings (SSSR count). The first-order chi connectivity index (χ1) is 9.23. The molecule has 0 spiro atoms. The summed E-state index contributed by atoms with van der Waals surface area (Å²) in [5, 5.41) is 5.11. The average molecular weight is 318 g/mol. The van der Waals surface area contributed by atoms with E-state index >= 15 is 0 Å². The Bertz CT molecular complexity index is 705. The molecule has 6 nitrogen and oxygen atoms in total. The number of nitrogens with two attached hydrogens (primary N) is 1. The largest absolute Gasteiger partial charge is 0.243 e. The molecule has 8 heteroatoms. The van der Waals surface area contributed by atoms with Crippen molar-refractivity contribution in [3.63, 3.8) is 0 Å². The molecule has 1 aromatic rings. The summed E-state index contributed by atoms with van der Waals surface area (Å²) in [7, 11) is -7.58. The van der Waals surface area contributed by atoms with Crippen LogP contribution >= 0.6 is 0 Å². The van der Waals surface area contributed by atoms with Gasteiger partial charge in [-0.3, -0.25) is 0 Å². The number of hydrogen-bond acceptors (Lipinski definition) is 4. The first-order valence-electron chi connectivity index (χ1n) is 6.36. The molecule has 1 aliphatic heterocycles. The molecule has 1 fully saturated rings. The number of rotatable bonds is 3. The predicted molar refractivity (Wildman–Crippen MR) is 75.2 cm³/mol. The second-order valence-corrected chi connectivity index (χ2v) is 8.40. The minimum Gasteiger partial charge on any atom is -0.225 e. The van der Waals surface area contributed by atoms with Crippen LogP contribution < -0.4 is 5.14 Å². The van der Waals surface area contributed by atoms with E-state index in [4.69, 9.17) is 5.14 Å². The number of aryl methyl sites for hydroxylation is 1. The van der Waals surface area contributed by atoms with Crippen LogP contribution in [0, 0.1) is 6.92 Å². The SMILES string of the molecule is Cc1ccc(S(=O)(=O)N2CCCCC2)cc1S(N)(=O)=O. The lowest BCUT2D eigenvalue weighted by atomic mass is 10.2. The second kappa shape index (κ2) is 5.44. The molecule has 0 atom stereocenters. The Morgan fingerprint density at radius 3 is 2.20 bits per heavy atom. The quantitative estimate of drug-likeness (QED) is 0.892. The van der Waals surface area contributed by atoms with Crippen molar-refractivity contribution in [2.24, 2.45) is 5.14 Å². The molecule has 1 aliphatic rings. The summed E-state index contributed by atoms with van der Waals surface area (Å²) in [4.78, 5) is -0.162. The van der Waals surface area contributed by atoms with Gasteiger partial charge in [0.1, 0.15) is 0 Å². The van der Waals surface area contributed by atoms with E-state index in [1.165, 1.54) is 16.4 Å². The predicted octanol–water partition coefficient (Wildman–Crippen LogP) is 0.817. The van der Waals surface area contributed by atoms with Crippen LogP contribution in [-0.2, 0) is 20.0 Å². The lowest BCUT2D eigenvalue weighted by molar-refractivity contribution is 0.346. The van der Waals surface area contributed by atoms with Gasteiger partial charge in [-0.2, -0.15) is 4.31 Å². The Hall–Kier alpha value is -0.960. The smallest absolute Gasteiger partial charge is 0.225 e. The molecule has 0 saturated carbocycles. The zero-order chi connectivity index (χ0) is 15.0. The van der Waals surface area contributed by atoms with Crippen molar-refractivity contribution in [2.45, 2.75) is 36.0 Å². The molecule has 0 radical (unpaired) electrons. The molecule has 20 heavy (non-hydrogen) atoms. The number of sulfonamides is 2. The highest BCUT2D eigenvalue weighted by Crippen LogP contribution is 2.24. The summed E-state index contributed by atoms with van der Waals surface area (Å²) in [6.07, 6.45) is 2.67. The third kappa shape index (κ3) is 3.03. The zero-order valence-corrected chi connectivity index (χ0v) is 12.9. The minimum absolute atomic E-state index is 0.0194. The first-order valence-corrected chi connectivity index (χ1v) is 9.35. The Morgan fingerprint density at radius 2 is 1.65 bits per heavy atom. The van der Waals surface area contributed by atoms with Crippen LogP contribution in [0.2, 0.25) is 0 Å². The van der Waals surface area contributed by atoms with Crippen LogP contribution in [0.1, 0.15) is 24.8 Å². The molecule has 112 valence electrons. The fraction of sp³-hybridized carbons (Fsp3) is 0.500. The van der Waals surface area contributed by atoms with Crippen molar-refractivity contribution in [3.05, 3.63) is 23.8 Å². The zero-order valence-electron chi connectivity index (χ0n) is 11.2. The van der Waals surface area contributed by atoms with E-state index in [9.17, 15) is 16.8 Å². The third-order valence-electron chi connectivity index (χ3n) is 3.42. The average Bonchev–Trinajstić information content (AvgIpc) is 2.38. The van der Waals surface area contributed by atoms with Gasteiger partial charge in [0, 0.05) is 13.1 Å². The molecule has 0 bridgehead atoms. The van der Waals surface area contributed by atoms with Gasteiger partial charge in [0.05, 0.1) is 9.79 Å². The number of piperidine rings is 1. The highest BCUT2D eigenvalue weighted by molar-refractivity contribution is 7.90. The van der Waals surface area contributed by atoms with Crippen LogP contribution in [0.25, 0.3) is 0 Å². The summed E-state index contributed by atoms with van der Waals surface area (Å²) < 4.78 is 49.3. The normalized spacial score (nSPS) is 18.1. The fourth-order valence-electron chi connectivity index (χ4n) is 2.30. The van der Waals surface area contributed by atoms with Crippen molar-refractivity contribution in [1.29, 1.82) is 0 Å². The van der Waals surface area contributed by atoms with Crippen molar-refractivity contribution in [3.8, 4) is 0 Å². The molecule has 0 aromatic heterocycles. The Kier molecular flexibility index (Phi) is 4.19. The summed E-state index contributed by atoms with van der Waals surface area (Å²) in [6, 6.07) is 4.04. The van der Waals surface area contributed by atoms with E-state index in [-0.39, 0.29) is 9.79 Å². The lowest BCUT2D eigenvalue weighted by Gasteiger charge is -2.26. The van der Waals surface area contributed by atoms with Crippen molar-refractivity contribution in [2.75, 3.05) is 13.1 Å². The van der Waals surface area contributed by atoms with E-state index < -0.39 is 20.0 Å². The minimum atomic E-state index is -3.93. The monoisotopic (exact) mass is 318 g/mol. The van der Waals surface area contributed by atoms with Gasteiger partial charge in [-0.05, 0) is 37.5 Å². The second-order valence-electron chi connectivity index (χ2n) is 4.94. The molecular formula is C12H18N2O4S2. The van der Waals surface area contributed by atoms with E-state index in [0.717, 1.165) is 25.3 Å². The van der Waals surface area contributed by atoms with Gasteiger partial charge in [-0.1, -0.05) is 12.5 Å². The highest BCUT2D eigenvalue weighted by Gasteiger charge is 2.27. The van der Waals surface area contributed by atoms with Crippen LogP contribution in [0.5, 0.6) is 0 Å². The molecule has 1 saturated heterocycles. The molecule has 1 aromatic carbocycles. The van der Waals surface area contributed by atoms with Gasteiger partial charge in [0.15, 0.2) is 0 Å². The highest BCUT2D eigenvalue weighted by atomic mass is 32.2. The van der Waals surface area contributed by atoms with E-state index in [1.54, 1.807) is 6.92 Å². The summed E-state index contributed by atoms with van der Waals surface area (Å²) >= 11 is 0. The van der Waals surface area contributed by atoms with Crippen LogP contribution in [0.15, 0.2) is 28.0 Å². The van der Waals surface area contributed by atoms with Gasteiger partial charge in [0.25, 0.3) is 0 Å². The Morgan fingerprint density at radius 1 is 1.05 bits per heavy atom. The van der Waals surface area contributed by atoms with E-state index in [2.05, 4.69) is 0 Å². The maximum Gasteiger partial charge on any atom is 0.243 e. The first kappa shape index (κ1) is 15.4. The summed E-state index contributed by atoms with van der Waals surface area (Å²) in [5.74, 6) is 0. The summed E-state index contributed by atoms with van der Waals surface area (Å²) in [5.41, 5.74) is 0.435. The van der Waals surface area contributed by atoms with Crippen molar-refractivity contribution >= 4 is 20.0 Å². The maximum atomic E-state index is 12.5. The third-order valence-corrected chi connectivity index (χ3v) is 6.37. The van der Waals surface area contributed by atoms with Crippen LogP contribution in [-0.4, -0.2) is 34.2 Å². The van der Waals surface area contributed by atoms with Gasteiger partial charge >= 0.3 is 0 Å².